The molecule has 110 valence electrons. The molecular formula is C13H21N5S2. The first-order valence-corrected chi connectivity index (χ1v) is 8.73. The van der Waals surface area contributed by atoms with Gasteiger partial charge in [-0.1, -0.05) is 0 Å². The number of hydrogen-bond donors (Lipinski definition) is 1. The Morgan fingerprint density at radius 3 is 2.75 bits per heavy atom. The van der Waals surface area contributed by atoms with Gasteiger partial charge in [0.1, 0.15) is 5.52 Å². The number of rotatable bonds is 4. The van der Waals surface area contributed by atoms with E-state index in [0.717, 1.165) is 41.3 Å². The summed E-state index contributed by atoms with van der Waals surface area (Å²) in [5.41, 5.74) is 3.26. The van der Waals surface area contributed by atoms with Crippen LogP contribution in [0.5, 0.6) is 0 Å². The Kier molecular flexibility index (Phi) is 4.18. The lowest BCUT2D eigenvalue weighted by molar-refractivity contribution is 0.289. The third kappa shape index (κ3) is 2.54. The van der Waals surface area contributed by atoms with Gasteiger partial charge in [-0.05, 0) is 26.1 Å². The van der Waals surface area contributed by atoms with Crippen LogP contribution in [0.15, 0.2) is 0 Å². The van der Waals surface area contributed by atoms with Gasteiger partial charge in [0.05, 0.1) is 5.69 Å². The predicted octanol–water partition coefficient (Wildman–Crippen LogP) is 2.27. The second-order valence-corrected chi connectivity index (χ2v) is 6.75. The summed E-state index contributed by atoms with van der Waals surface area (Å²) >= 11 is 7.53. The number of aromatic nitrogens is 4. The molecule has 20 heavy (non-hydrogen) atoms. The van der Waals surface area contributed by atoms with Gasteiger partial charge in [0, 0.05) is 44.2 Å². The van der Waals surface area contributed by atoms with Gasteiger partial charge in [-0.15, -0.1) is 0 Å². The topological polar surface area (TPSA) is 41.8 Å². The average Bonchev–Trinajstić information content (AvgIpc) is 2.95. The average molecular weight is 311 g/mol. The maximum atomic E-state index is 5.48. The highest BCUT2D eigenvalue weighted by molar-refractivity contribution is 7.99. The number of fused-ring (bicyclic) bond motifs is 1. The first kappa shape index (κ1) is 14.2. The fourth-order valence-electron chi connectivity index (χ4n) is 2.75. The van der Waals surface area contributed by atoms with Gasteiger partial charge in [-0.25, -0.2) is 4.68 Å². The van der Waals surface area contributed by atoms with Crippen LogP contribution in [-0.2, 0) is 13.1 Å². The Bertz CT molecular complexity index is 648. The van der Waals surface area contributed by atoms with E-state index >= 15 is 0 Å². The van der Waals surface area contributed by atoms with Crippen molar-refractivity contribution in [2.75, 3.05) is 31.1 Å². The molecule has 2 aromatic rings. The Morgan fingerprint density at radius 2 is 2.05 bits per heavy atom. The molecule has 5 nitrogen and oxygen atoms in total. The van der Waals surface area contributed by atoms with Crippen molar-refractivity contribution in [3.8, 4) is 0 Å². The van der Waals surface area contributed by atoms with E-state index in [1.807, 2.05) is 23.4 Å². The van der Waals surface area contributed by atoms with E-state index in [2.05, 4.69) is 26.5 Å². The smallest absolute Gasteiger partial charge is 0.179 e. The number of H-pyrrole nitrogens is 1. The highest BCUT2D eigenvalue weighted by atomic mass is 32.2. The van der Waals surface area contributed by atoms with E-state index in [0.29, 0.717) is 0 Å². The molecular weight excluding hydrogens is 290 g/mol. The van der Waals surface area contributed by atoms with Crippen molar-refractivity contribution in [2.45, 2.75) is 26.9 Å². The summed E-state index contributed by atoms with van der Waals surface area (Å²) in [6.07, 6.45) is 0. The van der Waals surface area contributed by atoms with Gasteiger partial charge < -0.3 is 9.55 Å². The third-order valence-electron chi connectivity index (χ3n) is 3.88. The van der Waals surface area contributed by atoms with E-state index in [9.17, 15) is 0 Å². The SMILES string of the molecule is CCn1nc(C)c2[nH]c(=S)n(CCN3CCSCC3)c21. The molecule has 1 N–H and O–H groups in total. The quantitative estimate of drug-likeness (QED) is 0.880. The van der Waals surface area contributed by atoms with Gasteiger partial charge in [-0.3, -0.25) is 4.90 Å². The van der Waals surface area contributed by atoms with E-state index in [1.165, 1.54) is 24.6 Å². The summed E-state index contributed by atoms with van der Waals surface area (Å²) in [7, 11) is 0. The zero-order chi connectivity index (χ0) is 14.1. The summed E-state index contributed by atoms with van der Waals surface area (Å²) in [4.78, 5) is 5.83. The van der Waals surface area contributed by atoms with Crippen LogP contribution < -0.4 is 0 Å². The largest absolute Gasteiger partial charge is 0.328 e. The molecule has 3 heterocycles. The van der Waals surface area contributed by atoms with Crippen LogP contribution in [-0.4, -0.2) is 55.4 Å². The summed E-state index contributed by atoms with van der Waals surface area (Å²) in [6, 6.07) is 0. The number of aryl methyl sites for hydroxylation is 2. The van der Waals surface area contributed by atoms with Crippen molar-refractivity contribution in [1.82, 2.24) is 24.2 Å². The van der Waals surface area contributed by atoms with E-state index in [4.69, 9.17) is 12.2 Å². The molecule has 0 unspecified atom stereocenters. The second kappa shape index (κ2) is 5.91. The van der Waals surface area contributed by atoms with Crippen LogP contribution in [0.3, 0.4) is 0 Å². The van der Waals surface area contributed by atoms with Crippen molar-refractivity contribution in [1.29, 1.82) is 0 Å². The molecule has 2 aromatic heterocycles. The van der Waals surface area contributed by atoms with Gasteiger partial charge >= 0.3 is 0 Å². The van der Waals surface area contributed by atoms with Crippen molar-refractivity contribution in [3.63, 3.8) is 0 Å². The van der Waals surface area contributed by atoms with Crippen LogP contribution in [0.1, 0.15) is 12.6 Å². The number of imidazole rings is 1. The van der Waals surface area contributed by atoms with Crippen molar-refractivity contribution >= 4 is 35.1 Å². The molecule has 1 aliphatic heterocycles. The second-order valence-electron chi connectivity index (χ2n) is 5.14. The van der Waals surface area contributed by atoms with Crippen LogP contribution in [0.2, 0.25) is 0 Å². The van der Waals surface area contributed by atoms with Crippen molar-refractivity contribution in [3.05, 3.63) is 10.5 Å². The molecule has 0 bridgehead atoms. The maximum Gasteiger partial charge on any atom is 0.179 e. The molecule has 0 spiro atoms. The van der Waals surface area contributed by atoms with Gasteiger partial charge in [0.25, 0.3) is 0 Å². The molecule has 0 aromatic carbocycles. The first-order valence-electron chi connectivity index (χ1n) is 7.16. The summed E-state index contributed by atoms with van der Waals surface area (Å²) in [5.74, 6) is 2.50. The molecule has 0 amide bonds. The lowest BCUT2D eigenvalue weighted by Crippen LogP contribution is -2.35. The molecule has 7 heteroatoms. The molecule has 0 aliphatic carbocycles. The number of thioether (sulfide) groups is 1. The Morgan fingerprint density at radius 1 is 1.30 bits per heavy atom. The molecule has 3 rings (SSSR count). The molecule has 1 saturated heterocycles. The summed E-state index contributed by atoms with van der Waals surface area (Å²) < 4.78 is 5.06. The minimum atomic E-state index is 0.814. The van der Waals surface area contributed by atoms with Crippen LogP contribution in [0, 0.1) is 11.7 Å². The Balaban J connectivity index is 1.86. The van der Waals surface area contributed by atoms with Gasteiger partial charge in [-0.2, -0.15) is 16.9 Å². The molecule has 1 fully saturated rings. The standard InChI is InChI=1S/C13H21N5S2/c1-3-18-12-11(10(2)15-18)14-13(19)17(12)5-4-16-6-8-20-9-7-16/h3-9H2,1-2H3,(H,14,19). The fraction of sp³-hybridized carbons (Fsp3) is 0.692. The lowest BCUT2D eigenvalue weighted by Gasteiger charge is -2.26. The minimum Gasteiger partial charge on any atom is -0.328 e. The Labute approximate surface area is 128 Å². The van der Waals surface area contributed by atoms with E-state index in [-0.39, 0.29) is 0 Å². The molecule has 0 saturated carbocycles. The number of nitrogens with one attached hydrogen (secondary N) is 1. The van der Waals surface area contributed by atoms with Crippen LogP contribution in [0.4, 0.5) is 0 Å². The van der Waals surface area contributed by atoms with E-state index in [1.54, 1.807) is 0 Å². The predicted molar refractivity (Wildman–Crippen MR) is 87.1 cm³/mol. The molecule has 0 radical (unpaired) electrons. The number of aromatic amines is 1. The van der Waals surface area contributed by atoms with E-state index < -0.39 is 0 Å². The van der Waals surface area contributed by atoms with Gasteiger partial charge in [0.2, 0.25) is 0 Å². The fourth-order valence-corrected chi connectivity index (χ4v) is 4.01. The van der Waals surface area contributed by atoms with Gasteiger partial charge in [0.15, 0.2) is 10.4 Å². The first-order chi connectivity index (χ1) is 9.70. The van der Waals surface area contributed by atoms with Crippen LogP contribution in [0.25, 0.3) is 11.2 Å². The third-order valence-corrected chi connectivity index (χ3v) is 5.14. The monoisotopic (exact) mass is 311 g/mol. The maximum absolute atomic E-state index is 5.48. The zero-order valence-electron chi connectivity index (χ0n) is 12.1. The van der Waals surface area contributed by atoms with Crippen molar-refractivity contribution < 1.29 is 0 Å². The molecule has 0 atom stereocenters. The highest BCUT2D eigenvalue weighted by Crippen LogP contribution is 2.18. The highest BCUT2D eigenvalue weighted by Gasteiger charge is 2.15. The number of nitrogens with zero attached hydrogens (tertiary/aromatic N) is 4. The van der Waals surface area contributed by atoms with Crippen molar-refractivity contribution in [2.24, 2.45) is 0 Å². The Hall–Kier alpha value is -0.790. The summed E-state index contributed by atoms with van der Waals surface area (Å²) in [6.45, 7) is 9.41. The summed E-state index contributed by atoms with van der Waals surface area (Å²) in [5, 5.41) is 4.57. The zero-order valence-corrected chi connectivity index (χ0v) is 13.7. The normalized spacial score (nSPS) is 17.1. The minimum absolute atomic E-state index is 0.814. The lowest BCUT2D eigenvalue weighted by atomic mass is 10.4. The molecule has 1 aliphatic rings. The van der Waals surface area contributed by atoms with Crippen LogP contribution >= 0.6 is 24.0 Å². The number of hydrogen-bond acceptors (Lipinski definition) is 4.